The Morgan fingerprint density at radius 1 is 1.00 bits per heavy atom. The summed E-state index contributed by atoms with van der Waals surface area (Å²) >= 11 is 0. The molecule has 0 fully saturated rings. The van der Waals surface area contributed by atoms with Gasteiger partial charge < -0.3 is 15.0 Å². The highest BCUT2D eigenvalue weighted by Gasteiger charge is 2.15. The molecular weight excluding hydrogens is 404 g/mol. The maximum absolute atomic E-state index is 12.6. The van der Waals surface area contributed by atoms with E-state index in [0.29, 0.717) is 11.3 Å². The Morgan fingerprint density at radius 2 is 1.78 bits per heavy atom. The van der Waals surface area contributed by atoms with Gasteiger partial charge in [0.05, 0.1) is 24.5 Å². The predicted molar refractivity (Wildman–Crippen MR) is 126 cm³/mol. The second kappa shape index (κ2) is 9.18. The fourth-order valence-electron chi connectivity index (χ4n) is 3.51. The lowest BCUT2D eigenvalue weighted by Gasteiger charge is -2.05. The van der Waals surface area contributed by atoms with E-state index < -0.39 is 0 Å². The molecule has 0 spiro atoms. The number of benzene rings is 3. The third-order valence-corrected chi connectivity index (χ3v) is 4.92. The lowest BCUT2D eigenvalue weighted by molar-refractivity contribution is -0.114. The fraction of sp³-hybridized carbons (Fsp3) is 0.0800. The molecule has 0 aliphatic heterocycles. The third kappa shape index (κ3) is 4.37. The van der Waals surface area contributed by atoms with Crippen molar-refractivity contribution in [3.05, 3.63) is 83.9 Å². The average Bonchev–Trinajstić information content (AvgIpc) is 3.18. The van der Waals surface area contributed by atoms with Crippen LogP contribution in [0.2, 0.25) is 0 Å². The van der Waals surface area contributed by atoms with E-state index >= 15 is 0 Å². The van der Waals surface area contributed by atoms with Crippen molar-refractivity contribution in [1.82, 2.24) is 10.4 Å². The van der Waals surface area contributed by atoms with Crippen LogP contribution in [-0.2, 0) is 4.79 Å². The Bertz CT molecular complexity index is 1310. The van der Waals surface area contributed by atoms with Crippen LogP contribution in [0.5, 0.6) is 5.75 Å². The van der Waals surface area contributed by atoms with Crippen LogP contribution in [0.1, 0.15) is 22.8 Å². The molecule has 7 heteroatoms. The molecule has 0 saturated carbocycles. The molecule has 0 unspecified atom stereocenters. The van der Waals surface area contributed by atoms with Crippen molar-refractivity contribution >= 4 is 34.6 Å². The fourth-order valence-corrected chi connectivity index (χ4v) is 3.51. The topological polar surface area (TPSA) is 95.6 Å². The third-order valence-electron chi connectivity index (χ3n) is 4.92. The number of hydrazone groups is 1. The summed E-state index contributed by atoms with van der Waals surface area (Å²) in [6.45, 7) is 1.41. The van der Waals surface area contributed by atoms with E-state index in [1.54, 1.807) is 37.6 Å². The number of aromatic nitrogens is 1. The molecule has 32 heavy (non-hydrogen) atoms. The molecule has 2 amide bonds. The summed E-state index contributed by atoms with van der Waals surface area (Å²) in [5.74, 6) is 0.133. The summed E-state index contributed by atoms with van der Waals surface area (Å²) in [6, 6.07) is 22.3. The quantitative estimate of drug-likeness (QED) is 0.311. The first-order chi connectivity index (χ1) is 15.6. The van der Waals surface area contributed by atoms with E-state index in [1.165, 1.54) is 6.92 Å². The molecular formula is C25H22N4O3. The molecule has 160 valence electrons. The number of aromatic amines is 1. The van der Waals surface area contributed by atoms with Crippen LogP contribution in [0.3, 0.4) is 0 Å². The minimum Gasteiger partial charge on any atom is -0.495 e. The molecule has 7 nitrogen and oxygen atoms in total. The van der Waals surface area contributed by atoms with Gasteiger partial charge in [0.25, 0.3) is 5.91 Å². The molecule has 0 aliphatic rings. The maximum atomic E-state index is 12.6. The highest BCUT2D eigenvalue weighted by molar-refractivity contribution is 6.08. The molecule has 1 heterocycles. The minimum atomic E-state index is -0.382. The lowest BCUT2D eigenvalue weighted by Crippen LogP contribution is -2.18. The van der Waals surface area contributed by atoms with Crippen molar-refractivity contribution in [3.63, 3.8) is 0 Å². The van der Waals surface area contributed by atoms with Gasteiger partial charge in [-0.25, -0.2) is 5.43 Å². The van der Waals surface area contributed by atoms with E-state index in [9.17, 15) is 9.59 Å². The van der Waals surface area contributed by atoms with E-state index in [-0.39, 0.29) is 11.8 Å². The standard InChI is InChI=1S/C25H22N4O3/c1-16(30)27-19-11-6-10-18(14-19)25(31)29-26-15-21-20-12-7-13-22(32-2)24(20)28-23(21)17-8-4-3-5-9-17/h3-15,28H,1-2H3,(H,27,30)(H,29,31)/b26-15+. The Kier molecular flexibility index (Phi) is 5.98. The van der Waals surface area contributed by atoms with Crippen molar-refractivity contribution in [2.45, 2.75) is 6.92 Å². The first-order valence-corrected chi connectivity index (χ1v) is 10.0. The van der Waals surface area contributed by atoms with Gasteiger partial charge in [-0.15, -0.1) is 0 Å². The number of carbonyl (C=O) groups is 2. The molecule has 0 aliphatic carbocycles. The molecule has 0 radical (unpaired) electrons. The number of amides is 2. The second-order valence-corrected chi connectivity index (χ2v) is 7.12. The summed E-state index contributed by atoms with van der Waals surface area (Å²) in [7, 11) is 1.63. The first kappa shape index (κ1) is 20.9. The number of carbonyl (C=O) groups excluding carboxylic acids is 2. The second-order valence-electron chi connectivity index (χ2n) is 7.12. The van der Waals surface area contributed by atoms with Gasteiger partial charge in [-0.05, 0) is 29.8 Å². The molecule has 4 aromatic rings. The number of nitrogens with one attached hydrogen (secondary N) is 3. The number of ether oxygens (including phenoxy) is 1. The van der Waals surface area contributed by atoms with Gasteiger partial charge in [0.15, 0.2) is 0 Å². The number of nitrogens with zero attached hydrogens (tertiary/aromatic N) is 1. The summed E-state index contributed by atoms with van der Waals surface area (Å²) < 4.78 is 5.50. The smallest absolute Gasteiger partial charge is 0.271 e. The highest BCUT2D eigenvalue weighted by atomic mass is 16.5. The van der Waals surface area contributed by atoms with Crippen molar-refractivity contribution < 1.29 is 14.3 Å². The van der Waals surface area contributed by atoms with Crippen molar-refractivity contribution in [1.29, 1.82) is 0 Å². The average molecular weight is 426 g/mol. The summed E-state index contributed by atoms with van der Waals surface area (Å²) in [5.41, 5.74) is 7.04. The Hall–Kier alpha value is -4.39. The van der Waals surface area contributed by atoms with Crippen LogP contribution >= 0.6 is 0 Å². The van der Waals surface area contributed by atoms with E-state index in [2.05, 4.69) is 20.8 Å². The molecule has 0 bridgehead atoms. The zero-order chi connectivity index (χ0) is 22.5. The van der Waals surface area contributed by atoms with Crippen LogP contribution in [0.25, 0.3) is 22.2 Å². The van der Waals surface area contributed by atoms with Crippen LogP contribution in [-0.4, -0.2) is 30.1 Å². The first-order valence-electron chi connectivity index (χ1n) is 10.0. The van der Waals surface area contributed by atoms with Gasteiger partial charge in [0, 0.05) is 29.1 Å². The van der Waals surface area contributed by atoms with Crippen molar-refractivity contribution in [3.8, 4) is 17.0 Å². The molecule has 3 aromatic carbocycles. The number of H-pyrrole nitrogens is 1. The monoisotopic (exact) mass is 426 g/mol. The number of anilines is 1. The van der Waals surface area contributed by atoms with Crippen LogP contribution in [0.15, 0.2) is 77.9 Å². The SMILES string of the molecule is COc1cccc2c(/C=N/NC(=O)c3cccc(NC(C)=O)c3)c(-c3ccccc3)[nH]c12. The predicted octanol–water partition coefficient (Wildman–Crippen LogP) is 4.57. The molecule has 3 N–H and O–H groups in total. The van der Waals surface area contributed by atoms with Gasteiger partial charge in [0.2, 0.25) is 5.91 Å². The van der Waals surface area contributed by atoms with Gasteiger partial charge in [0.1, 0.15) is 5.75 Å². The number of hydrogen-bond acceptors (Lipinski definition) is 4. The van der Waals surface area contributed by atoms with Crippen molar-refractivity contribution in [2.24, 2.45) is 5.10 Å². The van der Waals surface area contributed by atoms with Crippen LogP contribution in [0.4, 0.5) is 5.69 Å². The largest absolute Gasteiger partial charge is 0.495 e. The molecule has 0 atom stereocenters. The number of hydrogen-bond donors (Lipinski definition) is 3. The number of para-hydroxylation sites is 1. The van der Waals surface area contributed by atoms with Gasteiger partial charge >= 0.3 is 0 Å². The summed E-state index contributed by atoms with van der Waals surface area (Å²) in [6.07, 6.45) is 1.62. The Labute approximate surface area is 185 Å². The van der Waals surface area contributed by atoms with Crippen LogP contribution in [0, 0.1) is 0 Å². The molecule has 0 saturated heterocycles. The number of fused-ring (bicyclic) bond motifs is 1. The van der Waals surface area contributed by atoms with E-state index in [4.69, 9.17) is 4.74 Å². The Balaban J connectivity index is 1.65. The number of rotatable bonds is 6. The summed E-state index contributed by atoms with van der Waals surface area (Å²) in [4.78, 5) is 27.2. The van der Waals surface area contributed by atoms with Crippen LogP contribution < -0.4 is 15.5 Å². The normalized spacial score (nSPS) is 10.9. The van der Waals surface area contributed by atoms with Crippen molar-refractivity contribution in [2.75, 3.05) is 12.4 Å². The summed E-state index contributed by atoms with van der Waals surface area (Å²) in [5, 5.41) is 7.79. The van der Waals surface area contributed by atoms with Gasteiger partial charge in [-0.3, -0.25) is 9.59 Å². The zero-order valence-electron chi connectivity index (χ0n) is 17.7. The van der Waals surface area contributed by atoms with Gasteiger partial charge in [-0.1, -0.05) is 48.5 Å². The number of methoxy groups -OCH3 is 1. The van der Waals surface area contributed by atoms with E-state index in [1.807, 2.05) is 48.5 Å². The zero-order valence-corrected chi connectivity index (χ0v) is 17.7. The minimum absolute atomic E-state index is 0.205. The lowest BCUT2D eigenvalue weighted by atomic mass is 10.1. The molecule has 4 rings (SSSR count). The highest BCUT2D eigenvalue weighted by Crippen LogP contribution is 2.33. The molecule has 1 aromatic heterocycles. The Morgan fingerprint density at radius 3 is 2.53 bits per heavy atom. The van der Waals surface area contributed by atoms with E-state index in [0.717, 1.165) is 33.5 Å². The maximum Gasteiger partial charge on any atom is 0.271 e. The van der Waals surface area contributed by atoms with Gasteiger partial charge in [-0.2, -0.15) is 5.10 Å².